The third-order valence-corrected chi connectivity index (χ3v) is 2.74. The summed E-state index contributed by atoms with van der Waals surface area (Å²) in [5, 5.41) is 12.4. The maximum Gasteiger partial charge on any atom is 0.326 e. The second-order valence-corrected chi connectivity index (χ2v) is 4.29. The van der Waals surface area contributed by atoms with Crippen molar-refractivity contribution in [1.82, 2.24) is 10.3 Å². The lowest BCUT2D eigenvalue weighted by Crippen LogP contribution is -2.41. The zero-order valence-corrected chi connectivity index (χ0v) is 10.5. The largest absolute Gasteiger partial charge is 0.480 e. The first-order valence-corrected chi connectivity index (χ1v) is 5.91. The van der Waals surface area contributed by atoms with E-state index in [1.165, 1.54) is 6.92 Å². The molecule has 5 nitrogen and oxygen atoms in total. The summed E-state index contributed by atoms with van der Waals surface area (Å²) in [5.74, 6) is -1.43. The Morgan fingerprint density at radius 3 is 2.68 bits per heavy atom. The van der Waals surface area contributed by atoms with Gasteiger partial charge in [0, 0.05) is 24.4 Å². The van der Waals surface area contributed by atoms with Gasteiger partial charge in [-0.3, -0.25) is 9.78 Å². The lowest BCUT2D eigenvalue weighted by atomic mass is 10.1. The molecule has 2 aromatic rings. The van der Waals surface area contributed by atoms with Crippen LogP contribution in [0.25, 0.3) is 10.9 Å². The zero-order valence-electron chi connectivity index (χ0n) is 10.5. The van der Waals surface area contributed by atoms with Gasteiger partial charge in [-0.05, 0) is 12.1 Å². The lowest BCUT2D eigenvalue weighted by Gasteiger charge is -2.12. The summed E-state index contributed by atoms with van der Waals surface area (Å²) in [5.41, 5.74) is 1.45. The number of benzene rings is 1. The fraction of sp³-hybridized carbons (Fsp3) is 0.214. The molecule has 1 atom stereocenters. The third kappa shape index (κ3) is 3.28. The maximum absolute atomic E-state index is 11.1. The molecular formula is C14H14N2O3. The predicted octanol–water partition coefficient (Wildman–Crippen LogP) is 1.37. The Morgan fingerprint density at radius 2 is 2.00 bits per heavy atom. The van der Waals surface area contributed by atoms with Gasteiger partial charge in [-0.2, -0.15) is 0 Å². The van der Waals surface area contributed by atoms with Crippen molar-refractivity contribution >= 4 is 22.8 Å². The number of nitrogens with one attached hydrogen (secondary N) is 1. The van der Waals surface area contributed by atoms with Gasteiger partial charge in [-0.15, -0.1) is 0 Å². The Balaban J connectivity index is 2.23. The van der Waals surface area contributed by atoms with Gasteiger partial charge in [0.15, 0.2) is 0 Å². The van der Waals surface area contributed by atoms with Crippen LogP contribution in [-0.4, -0.2) is 28.0 Å². The molecule has 0 saturated carbocycles. The van der Waals surface area contributed by atoms with Gasteiger partial charge in [0.1, 0.15) is 6.04 Å². The van der Waals surface area contributed by atoms with E-state index in [0.29, 0.717) is 5.69 Å². The number of hydrogen-bond acceptors (Lipinski definition) is 3. The highest BCUT2D eigenvalue weighted by molar-refractivity contribution is 5.82. The van der Waals surface area contributed by atoms with Crippen LogP contribution in [0.1, 0.15) is 12.6 Å². The first-order chi connectivity index (χ1) is 9.06. The van der Waals surface area contributed by atoms with Crippen LogP contribution in [0.15, 0.2) is 36.4 Å². The summed E-state index contributed by atoms with van der Waals surface area (Å²) in [7, 11) is 0. The molecule has 1 aromatic carbocycles. The SMILES string of the molecule is CC(=O)N[C@H](Cc1ccc2ccccc2n1)C(=O)O. The average molecular weight is 258 g/mol. The van der Waals surface area contributed by atoms with Crippen LogP contribution < -0.4 is 5.32 Å². The molecule has 0 radical (unpaired) electrons. The van der Waals surface area contributed by atoms with E-state index in [0.717, 1.165) is 10.9 Å². The Kier molecular flexibility index (Phi) is 3.75. The molecule has 5 heteroatoms. The zero-order chi connectivity index (χ0) is 13.8. The van der Waals surface area contributed by atoms with Gasteiger partial charge in [0.05, 0.1) is 5.52 Å². The van der Waals surface area contributed by atoms with E-state index in [9.17, 15) is 9.59 Å². The molecule has 0 aliphatic carbocycles. The van der Waals surface area contributed by atoms with Crippen molar-refractivity contribution in [3.8, 4) is 0 Å². The highest BCUT2D eigenvalue weighted by atomic mass is 16.4. The van der Waals surface area contributed by atoms with Gasteiger partial charge in [0.2, 0.25) is 5.91 Å². The predicted molar refractivity (Wildman–Crippen MR) is 70.7 cm³/mol. The molecule has 0 unspecified atom stereocenters. The number of aromatic nitrogens is 1. The molecular weight excluding hydrogens is 244 g/mol. The van der Waals surface area contributed by atoms with E-state index in [-0.39, 0.29) is 12.3 Å². The minimum Gasteiger partial charge on any atom is -0.480 e. The average Bonchev–Trinajstić information content (AvgIpc) is 2.37. The monoisotopic (exact) mass is 258 g/mol. The Hall–Kier alpha value is -2.43. The highest BCUT2D eigenvalue weighted by Crippen LogP contribution is 2.12. The Morgan fingerprint density at radius 1 is 1.26 bits per heavy atom. The number of carbonyl (C=O) groups excluding carboxylic acids is 1. The third-order valence-electron chi connectivity index (χ3n) is 2.74. The first kappa shape index (κ1) is 13.0. The number of hydrogen-bond donors (Lipinski definition) is 2. The Bertz CT molecular complexity index is 625. The molecule has 2 rings (SSSR count). The summed E-state index contributed by atoms with van der Waals surface area (Å²) < 4.78 is 0. The topological polar surface area (TPSA) is 79.3 Å². The van der Waals surface area contributed by atoms with E-state index in [2.05, 4.69) is 10.3 Å². The smallest absolute Gasteiger partial charge is 0.326 e. The number of pyridine rings is 1. The number of carbonyl (C=O) groups is 2. The van der Waals surface area contributed by atoms with E-state index in [1.807, 2.05) is 30.3 Å². The van der Waals surface area contributed by atoms with Gasteiger partial charge >= 0.3 is 5.97 Å². The van der Waals surface area contributed by atoms with Gasteiger partial charge in [0.25, 0.3) is 0 Å². The van der Waals surface area contributed by atoms with Gasteiger partial charge < -0.3 is 10.4 Å². The van der Waals surface area contributed by atoms with Crippen LogP contribution in [0.3, 0.4) is 0 Å². The molecule has 98 valence electrons. The Labute approximate surface area is 110 Å². The van der Waals surface area contributed by atoms with Crippen molar-refractivity contribution in [3.05, 3.63) is 42.1 Å². The number of fused-ring (bicyclic) bond motifs is 1. The number of amides is 1. The second-order valence-electron chi connectivity index (χ2n) is 4.29. The minimum atomic E-state index is -1.06. The van der Waals surface area contributed by atoms with E-state index >= 15 is 0 Å². The molecule has 1 amide bonds. The van der Waals surface area contributed by atoms with Crippen molar-refractivity contribution in [2.45, 2.75) is 19.4 Å². The molecule has 0 spiro atoms. The van der Waals surface area contributed by atoms with Crippen LogP contribution in [-0.2, 0) is 16.0 Å². The number of carboxylic acids is 1. The summed E-state index contributed by atoms with van der Waals surface area (Å²) in [6, 6.07) is 10.3. The van der Waals surface area contributed by atoms with Crippen LogP contribution in [0, 0.1) is 0 Å². The maximum atomic E-state index is 11.1. The summed E-state index contributed by atoms with van der Waals surface area (Å²) in [4.78, 5) is 26.4. The van der Waals surface area contributed by atoms with Crippen molar-refractivity contribution in [1.29, 1.82) is 0 Å². The number of nitrogens with zero attached hydrogens (tertiary/aromatic N) is 1. The fourth-order valence-electron chi connectivity index (χ4n) is 1.88. The van der Waals surface area contributed by atoms with Crippen molar-refractivity contribution < 1.29 is 14.7 Å². The fourth-order valence-corrected chi connectivity index (χ4v) is 1.88. The molecule has 2 N–H and O–H groups in total. The normalized spacial score (nSPS) is 12.1. The molecule has 1 heterocycles. The molecule has 0 bridgehead atoms. The number of carboxylic acid groups (broad SMARTS) is 1. The van der Waals surface area contributed by atoms with Crippen LogP contribution in [0.2, 0.25) is 0 Å². The van der Waals surface area contributed by atoms with Crippen LogP contribution in [0.4, 0.5) is 0 Å². The number of rotatable bonds is 4. The van der Waals surface area contributed by atoms with Crippen molar-refractivity contribution in [3.63, 3.8) is 0 Å². The molecule has 1 aromatic heterocycles. The van der Waals surface area contributed by atoms with Gasteiger partial charge in [-0.1, -0.05) is 24.3 Å². The second kappa shape index (κ2) is 5.48. The standard InChI is InChI=1S/C14H14N2O3/c1-9(17)15-13(14(18)19)8-11-7-6-10-4-2-3-5-12(10)16-11/h2-7,13H,8H2,1H3,(H,15,17)(H,18,19)/t13-/m1/s1. The lowest BCUT2D eigenvalue weighted by molar-refractivity contribution is -0.141. The van der Waals surface area contributed by atoms with E-state index in [1.54, 1.807) is 6.07 Å². The molecule has 19 heavy (non-hydrogen) atoms. The van der Waals surface area contributed by atoms with Crippen molar-refractivity contribution in [2.24, 2.45) is 0 Å². The van der Waals surface area contributed by atoms with Crippen molar-refractivity contribution in [2.75, 3.05) is 0 Å². The van der Waals surface area contributed by atoms with E-state index < -0.39 is 12.0 Å². The summed E-state index contributed by atoms with van der Waals surface area (Å²) >= 11 is 0. The molecule has 0 aliphatic heterocycles. The highest BCUT2D eigenvalue weighted by Gasteiger charge is 2.19. The summed E-state index contributed by atoms with van der Waals surface area (Å²) in [6.45, 7) is 1.30. The van der Waals surface area contributed by atoms with Crippen LogP contribution >= 0.6 is 0 Å². The van der Waals surface area contributed by atoms with E-state index in [4.69, 9.17) is 5.11 Å². The number of aliphatic carboxylic acids is 1. The minimum absolute atomic E-state index is 0.166. The summed E-state index contributed by atoms with van der Waals surface area (Å²) in [6.07, 6.45) is 0.166. The molecule has 0 fully saturated rings. The molecule has 0 saturated heterocycles. The number of para-hydroxylation sites is 1. The van der Waals surface area contributed by atoms with Crippen LogP contribution in [0.5, 0.6) is 0 Å². The van der Waals surface area contributed by atoms with Gasteiger partial charge in [-0.25, -0.2) is 4.79 Å². The molecule has 0 aliphatic rings. The quantitative estimate of drug-likeness (QED) is 0.868. The first-order valence-electron chi connectivity index (χ1n) is 5.91.